The van der Waals surface area contributed by atoms with Crippen LogP contribution in [0, 0.1) is 17.3 Å². The number of carbonyl (C=O) groups is 1. The van der Waals surface area contributed by atoms with Crippen LogP contribution in [0.5, 0.6) is 0 Å². The zero-order valence-electron chi connectivity index (χ0n) is 15.1. The van der Waals surface area contributed by atoms with Gasteiger partial charge in [-0.3, -0.25) is 4.79 Å². The molecule has 2 rings (SSSR count). The fourth-order valence-corrected chi connectivity index (χ4v) is 4.45. The molecule has 0 aromatic carbocycles. The summed E-state index contributed by atoms with van der Waals surface area (Å²) in [6, 6.07) is 0. The summed E-state index contributed by atoms with van der Waals surface area (Å²) >= 11 is 0. The summed E-state index contributed by atoms with van der Waals surface area (Å²) in [4.78, 5) is 21.9. The molecule has 4 nitrogen and oxygen atoms in total. The zero-order chi connectivity index (χ0) is 17.9. The molecular formula is C20H30O4. The van der Waals surface area contributed by atoms with Crippen LogP contribution in [0.15, 0.2) is 36.0 Å². The van der Waals surface area contributed by atoms with Crippen molar-refractivity contribution in [1.82, 2.24) is 0 Å². The number of carboxylic acids is 1. The van der Waals surface area contributed by atoms with E-state index in [4.69, 9.17) is 9.78 Å². The first-order valence-electron chi connectivity index (χ1n) is 8.75. The average Bonchev–Trinajstić information content (AvgIpc) is 2.51. The minimum atomic E-state index is -0.750. The normalized spacial score (nSPS) is 33.9. The predicted molar refractivity (Wildman–Crippen MR) is 94.3 cm³/mol. The first-order chi connectivity index (χ1) is 11.3. The molecule has 1 aliphatic carbocycles. The Morgan fingerprint density at radius 2 is 2.21 bits per heavy atom. The molecule has 1 saturated carbocycles. The maximum absolute atomic E-state index is 11.2. The van der Waals surface area contributed by atoms with Gasteiger partial charge in [-0.05, 0) is 62.4 Å². The summed E-state index contributed by atoms with van der Waals surface area (Å²) in [5.74, 6) is -0.247. The third-order valence-electron chi connectivity index (χ3n) is 5.93. The lowest BCUT2D eigenvalue weighted by Gasteiger charge is -2.50. The molecule has 1 N–H and O–H groups in total. The highest BCUT2D eigenvalue weighted by Gasteiger charge is 2.46. The molecule has 1 heterocycles. The van der Waals surface area contributed by atoms with Crippen LogP contribution in [0.2, 0.25) is 0 Å². The van der Waals surface area contributed by atoms with E-state index in [-0.39, 0.29) is 23.9 Å². The minimum absolute atomic E-state index is 0.0893. The number of hydrogen-bond acceptors (Lipinski definition) is 3. The minimum Gasteiger partial charge on any atom is -0.481 e. The number of rotatable bonds is 6. The molecule has 0 aromatic rings. The van der Waals surface area contributed by atoms with E-state index < -0.39 is 5.97 Å². The van der Waals surface area contributed by atoms with Gasteiger partial charge in [-0.1, -0.05) is 37.3 Å². The van der Waals surface area contributed by atoms with Crippen LogP contribution in [-0.4, -0.2) is 23.8 Å². The van der Waals surface area contributed by atoms with Gasteiger partial charge in [-0.25, -0.2) is 9.78 Å². The van der Waals surface area contributed by atoms with Crippen LogP contribution >= 0.6 is 0 Å². The van der Waals surface area contributed by atoms with Crippen LogP contribution in [0.1, 0.15) is 52.9 Å². The van der Waals surface area contributed by atoms with Crippen LogP contribution in [0.25, 0.3) is 0 Å². The van der Waals surface area contributed by atoms with E-state index in [2.05, 4.69) is 33.9 Å². The number of carboxylic acid groups (broad SMARTS) is 1. The molecule has 1 fully saturated rings. The van der Waals surface area contributed by atoms with Gasteiger partial charge in [0, 0.05) is 6.42 Å². The van der Waals surface area contributed by atoms with Crippen molar-refractivity contribution < 1.29 is 19.7 Å². The smallest absolute Gasteiger partial charge is 0.303 e. The Bertz CT molecular complexity index is 548. The number of aliphatic carboxylic acids is 1. The summed E-state index contributed by atoms with van der Waals surface area (Å²) in [6.45, 7) is 15.3. The fourth-order valence-electron chi connectivity index (χ4n) is 4.45. The topological polar surface area (TPSA) is 55.8 Å². The van der Waals surface area contributed by atoms with Crippen LogP contribution in [-0.2, 0) is 14.6 Å². The molecule has 0 amide bonds. The second kappa shape index (κ2) is 7.66. The van der Waals surface area contributed by atoms with Crippen LogP contribution < -0.4 is 0 Å². The van der Waals surface area contributed by atoms with E-state index in [1.165, 1.54) is 11.1 Å². The lowest BCUT2D eigenvalue weighted by atomic mass is 9.55. The van der Waals surface area contributed by atoms with Crippen molar-refractivity contribution in [3.05, 3.63) is 36.0 Å². The number of allylic oxidation sites excluding steroid dienone is 2. The lowest BCUT2D eigenvalue weighted by molar-refractivity contribution is -0.319. The van der Waals surface area contributed by atoms with E-state index in [1.54, 1.807) is 0 Å². The van der Waals surface area contributed by atoms with E-state index >= 15 is 0 Å². The molecule has 0 spiro atoms. The first kappa shape index (κ1) is 18.9. The summed E-state index contributed by atoms with van der Waals surface area (Å²) in [6.07, 6.45) is 5.49. The van der Waals surface area contributed by atoms with E-state index in [0.29, 0.717) is 18.9 Å². The van der Waals surface area contributed by atoms with E-state index in [9.17, 15) is 9.90 Å². The molecule has 24 heavy (non-hydrogen) atoms. The standard InChI is InChI=1S/C20H30O4/c1-13(2)16-7-6-14(3)17(20(16,5)10-8-19(21)22)12-18-15(4)9-11-23-24-18/h9,16-18H,1,3,6-8,10-12H2,2,4-5H3,(H,21,22)/t16-,17-,18+,20-/m1/s1. The van der Waals surface area contributed by atoms with Gasteiger partial charge in [0.05, 0.1) is 0 Å². The summed E-state index contributed by atoms with van der Waals surface area (Å²) in [5.41, 5.74) is 3.34. The molecule has 0 unspecified atom stereocenters. The molecular weight excluding hydrogens is 304 g/mol. The molecule has 2 aliphatic rings. The second-order valence-corrected chi connectivity index (χ2v) is 7.60. The van der Waals surface area contributed by atoms with Crippen molar-refractivity contribution in [1.29, 1.82) is 0 Å². The Labute approximate surface area is 145 Å². The van der Waals surface area contributed by atoms with Crippen LogP contribution in [0.4, 0.5) is 0 Å². The van der Waals surface area contributed by atoms with Gasteiger partial charge >= 0.3 is 5.97 Å². The zero-order valence-corrected chi connectivity index (χ0v) is 15.1. The Kier molecular flexibility index (Phi) is 6.05. The monoisotopic (exact) mass is 334 g/mol. The van der Waals surface area contributed by atoms with Gasteiger partial charge in [0.2, 0.25) is 0 Å². The predicted octanol–water partition coefficient (Wildman–Crippen LogP) is 4.68. The molecule has 0 aromatic heterocycles. The number of hydrogen-bond donors (Lipinski definition) is 1. The first-order valence-corrected chi connectivity index (χ1v) is 8.75. The third kappa shape index (κ3) is 3.98. The van der Waals surface area contributed by atoms with Crippen molar-refractivity contribution in [2.45, 2.75) is 59.0 Å². The van der Waals surface area contributed by atoms with Crippen molar-refractivity contribution in [2.75, 3.05) is 6.61 Å². The highest BCUT2D eigenvalue weighted by molar-refractivity contribution is 5.66. The maximum Gasteiger partial charge on any atom is 0.303 e. The van der Waals surface area contributed by atoms with Gasteiger partial charge < -0.3 is 5.11 Å². The molecule has 1 aliphatic heterocycles. The van der Waals surface area contributed by atoms with Gasteiger partial charge in [0.1, 0.15) is 12.7 Å². The van der Waals surface area contributed by atoms with Crippen molar-refractivity contribution in [2.24, 2.45) is 17.3 Å². The molecule has 0 bridgehead atoms. The third-order valence-corrected chi connectivity index (χ3v) is 5.93. The fraction of sp³-hybridized carbons (Fsp3) is 0.650. The SMILES string of the molecule is C=C(C)[C@H]1CCC(=C)[C@@H](C[C@@H]2OOCC=C2C)[C@]1(C)CCC(=O)O. The quantitative estimate of drug-likeness (QED) is 0.566. The van der Waals surface area contributed by atoms with E-state index in [1.807, 2.05) is 6.08 Å². The second-order valence-electron chi connectivity index (χ2n) is 7.60. The van der Waals surface area contributed by atoms with Crippen LogP contribution in [0.3, 0.4) is 0 Å². The summed E-state index contributed by atoms with van der Waals surface area (Å²) in [7, 11) is 0. The Morgan fingerprint density at radius 3 is 2.79 bits per heavy atom. The van der Waals surface area contributed by atoms with Gasteiger partial charge in [-0.15, -0.1) is 0 Å². The van der Waals surface area contributed by atoms with Gasteiger partial charge in [0.25, 0.3) is 0 Å². The lowest BCUT2D eigenvalue weighted by Crippen LogP contribution is -2.43. The Balaban J connectivity index is 2.29. The highest BCUT2D eigenvalue weighted by Crippen LogP contribution is 2.54. The van der Waals surface area contributed by atoms with Crippen molar-refractivity contribution in [3.8, 4) is 0 Å². The maximum atomic E-state index is 11.2. The van der Waals surface area contributed by atoms with Crippen molar-refractivity contribution >= 4 is 5.97 Å². The average molecular weight is 334 g/mol. The Morgan fingerprint density at radius 1 is 1.50 bits per heavy atom. The van der Waals surface area contributed by atoms with Gasteiger partial charge in [0.15, 0.2) is 0 Å². The Hall–Kier alpha value is -1.39. The molecule has 4 heteroatoms. The molecule has 134 valence electrons. The van der Waals surface area contributed by atoms with E-state index in [0.717, 1.165) is 24.8 Å². The molecule has 0 saturated heterocycles. The summed E-state index contributed by atoms with van der Waals surface area (Å²) < 4.78 is 0. The molecule has 0 radical (unpaired) electrons. The molecule has 4 atom stereocenters. The summed E-state index contributed by atoms with van der Waals surface area (Å²) in [5, 5.41) is 9.20. The highest BCUT2D eigenvalue weighted by atomic mass is 17.2. The van der Waals surface area contributed by atoms with Gasteiger partial charge in [-0.2, -0.15) is 0 Å². The largest absolute Gasteiger partial charge is 0.481 e. The van der Waals surface area contributed by atoms with Crippen molar-refractivity contribution in [3.63, 3.8) is 0 Å².